The number of hydrogen-bond acceptors (Lipinski definition) is 6. The molecular weight excluding hydrogens is 218 g/mol. The molecule has 0 bridgehead atoms. The van der Waals surface area contributed by atoms with Gasteiger partial charge in [0.25, 0.3) is 0 Å². The fourth-order valence-corrected chi connectivity index (χ4v) is 1.27. The van der Waals surface area contributed by atoms with Gasteiger partial charge in [0.05, 0.1) is 6.10 Å². The molecule has 0 fully saturated rings. The number of aromatic nitrogens is 2. The Balaban J connectivity index is 2.64. The van der Waals surface area contributed by atoms with Crippen molar-refractivity contribution >= 4 is 17.6 Å². The van der Waals surface area contributed by atoms with Crippen LogP contribution in [-0.2, 0) is 0 Å². The second-order valence-corrected chi connectivity index (χ2v) is 4.22. The Hall–Kier alpha value is -1.56. The van der Waals surface area contributed by atoms with Crippen LogP contribution < -0.4 is 16.4 Å². The topological polar surface area (TPSA) is 96.1 Å². The largest absolute Gasteiger partial charge is 0.391 e. The molecule has 0 aliphatic rings. The van der Waals surface area contributed by atoms with Gasteiger partial charge in [-0.05, 0) is 12.8 Å². The summed E-state index contributed by atoms with van der Waals surface area (Å²) in [5.74, 6) is 1.72. The summed E-state index contributed by atoms with van der Waals surface area (Å²) in [5.41, 5.74) is 5.59. The highest BCUT2D eigenvalue weighted by atomic mass is 16.3. The smallest absolute Gasteiger partial charge is 0.223 e. The SMILES string of the molecule is CCNc1cc(NCC(O)C(C)C)nc(N)n1. The van der Waals surface area contributed by atoms with Crippen LogP contribution in [0.1, 0.15) is 20.8 Å². The van der Waals surface area contributed by atoms with Crippen LogP contribution in [-0.4, -0.2) is 34.3 Å². The molecule has 0 aliphatic carbocycles. The molecule has 0 aromatic carbocycles. The summed E-state index contributed by atoms with van der Waals surface area (Å²) in [6, 6.07) is 1.77. The molecule has 0 aliphatic heterocycles. The van der Waals surface area contributed by atoms with E-state index in [0.29, 0.717) is 18.2 Å². The van der Waals surface area contributed by atoms with Crippen molar-refractivity contribution < 1.29 is 5.11 Å². The Labute approximate surface area is 102 Å². The van der Waals surface area contributed by atoms with Crippen LogP contribution >= 0.6 is 0 Å². The summed E-state index contributed by atoms with van der Waals surface area (Å²) in [6.45, 7) is 7.12. The maximum atomic E-state index is 9.68. The molecule has 0 spiro atoms. The van der Waals surface area contributed by atoms with E-state index in [2.05, 4.69) is 20.6 Å². The molecule has 0 amide bonds. The van der Waals surface area contributed by atoms with E-state index in [4.69, 9.17) is 5.73 Å². The highest BCUT2D eigenvalue weighted by molar-refractivity contribution is 5.50. The van der Waals surface area contributed by atoms with Crippen LogP contribution in [0.2, 0.25) is 0 Å². The third kappa shape index (κ3) is 4.44. The third-order valence-corrected chi connectivity index (χ3v) is 2.36. The Bertz CT molecular complexity index is 356. The van der Waals surface area contributed by atoms with Gasteiger partial charge in [0.1, 0.15) is 11.6 Å². The molecular formula is C11H21N5O. The Morgan fingerprint density at radius 3 is 2.41 bits per heavy atom. The predicted octanol–water partition coefficient (Wildman–Crippen LogP) is 0.919. The van der Waals surface area contributed by atoms with Crippen molar-refractivity contribution in [3.05, 3.63) is 6.07 Å². The van der Waals surface area contributed by atoms with Gasteiger partial charge in [-0.25, -0.2) is 0 Å². The van der Waals surface area contributed by atoms with E-state index in [-0.39, 0.29) is 11.9 Å². The van der Waals surface area contributed by atoms with E-state index in [1.165, 1.54) is 0 Å². The molecule has 5 N–H and O–H groups in total. The summed E-state index contributed by atoms with van der Waals surface area (Å²) in [4.78, 5) is 8.09. The first-order chi connectivity index (χ1) is 8.02. The number of nitrogens with two attached hydrogens (primary N) is 1. The average Bonchev–Trinajstić information content (AvgIpc) is 2.25. The van der Waals surface area contributed by atoms with Gasteiger partial charge in [0.2, 0.25) is 5.95 Å². The Morgan fingerprint density at radius 1 is 1.29 bits per heavy atom. The van der Waals surface area contributed by atoms with Crippen molar-refractivity contribution in [2.24, 2.45) is 5.92 Å². The van der Waals surface area contributed by atoms with E-state index in [1.54, 1.807) is 6.07 Å². The molecule has 0 saturated heterocycles. The Morgan fingerprint density at radius 2 is 1.88 bits per heavy atom. The number of aliphatic hydroxyl groups excluding tert-OH is 1. The third-order valence-electron chi connectivity index (χ3n) is 2.36. The lowest BCUT2D eigenvalue weighted by Gasteiger charge is -2.16. The maximum absolute atomic E-state index is 9.68. The van der Waals surface area contributed by atoms with Gasteiger partial charge in [-0.2, -0.15) is 9.97 Å². The molecule has 17 heavy (non-hydrogen) atoms. The molecule has 6 nitrogen and oxygen atoms in total. The van der Waals surface area contributed by atoms with Crippen molar-refractivity contribution in [2.75, 3.05) is 29.5 Å². The first kappa shape index (κ1) is 13.5. The van der Waals surface area contributed by atoms with Gasteiger partial charge < -0.3 is 21.5 Å². The van der Waals surface area contributed by atoms with Crippen LogP contribution in [0.15, 0.2) is 6.07 Å². The number of hydrogen-bond donors (Lipinski definition) is 4. The van der Waals surface area contributed by atoms with Crippen molar-refractivity contribution in [1.29, 1.82) is 0 Å². The van der Waals surface area contributed by atoms with Crippen molar-refractivity contribution in [2.45, 2.75) is 26.9 Å². The van der Waals surface area contributed by atoms with Crippen molar-refractivity contribution in [1.82, 2.24) is 9.97 Å². The molecule has 96 valence electrons. The van der Waals surface area contributed by atoms with Gasteiger partial charge in [0, 0.05) is 19.2 Å². The molecule has 1 atom stereocenters. The number of nitrogen functional groups attached to an aromatic ring is 1. The normalized spacial score (nSPS) is 12.5. The lowest BCUT2D eigenvalue weighted by atomic mass is 10.1. The van der Waals surface area contributed by atoms with Crippen molar-refractivity contribution in [3.8, 4) is 0 Å². The first-order valence-corrected chi connectivity index (χ1v) is 5.83. The predicted molar refractivity (Wildman–Crippen MR) is 69.9 cm³/mol. The highest BCUT2D eigenvalue weighted by Gasteiger charge is 2.09. The number of aliphatic hydroxyl groups is 1. The molecule has 0 saturated carbocycles. The van der Waals surface area contributed by atoms with Gasteiger partial charge in [-0.1, -0.05) is 13.8 Å². The monoisotopic (exact) mass is 239 g/mol. The average molecular weight is 239 g/mol. The highest BCUT2D eigenvalue weighted by Crippen LogP contribution is 2.12. The molecule has 0 radical (unpaired) electrons. The van der Waals surface area contributed by atoms with E-state index in [9.17, 15) is 5.11 Å². The quantitative estimate of drug-likeness (QED) is 0.589. The number of rotatable bonds is 6. The number of nitrogens with one attached hydrogen (secondary N) is 2. The van der Waals surface area contributed by atoms with Crippen LogP contribution in [0.3, 0.4) is 0 Å². The summed E-state index contributed by atoms with van der Waals surface area (Å²) in [7, 11) is 0. The van der Waals surface area contributed by atoms with E-state index in [1.807, 2.05) is 20.8 Å². The van der Waals surface area contributed by atoms with Crippen molar-refractivity contribution in [3.63, 3.8) is 0 Å². The van der Waals surface area contributed by atoms with Gasteiger partial charge >= 0.3 is 0 Å². The molecule has 1 rings (SSSR count). The van der Waals surface area contributed by atoms with Crippen LogP contribution in [0.4, 0.5) is 17.6 Å². The lowest BCUT2D eigenvalue weighted by Crippen LogP contribution is -2.25. The summed E-state index contributed by atoms with van der Waals surface area (Å²) >= 11 is 0. The zero-order valence-corrected chi connectivity index (χ0v) is 10.6. The second-order valence-electron chi connectivity index (χ2n) is 4.22. The standard InChI is InChI=1S/C11H21N5O/c1-4-13-9-5-10(16-11(12)15-9)14-6-8(17)7(2)3/h5,7-8,17H,4,6H2,1-3H3,(H4,12,13,14,15,16). The molecule has 1 unspecified atom stereocenters. The summed E-state index contributed by atoms with van der Waals surface area (Å²) in [6.07, 6.45) is -0.409. The van der Waals surface area contributed by atoms with Gasteiger partial charge in [0.15, 0.2) is 0 Å². The van der Waals surface area contributed by atoms with Gasteiger partial charge in [-0.15, -0.1) is 0 Å². The summed E-state index contributed by atoms with van der Waals surface area (Å²) in [5, 5.41) is 15.8. The zero-order chi connectivity index (χ0) is 12.8. The minimum atomic E-state index is -0.409. The van der Waals surface area contributed by atoms with E-state index >= 15 is 0 Å². The van der Waals surface area contributed by atoms with Crippen LogP contribution in [0.25, 0.3) is 0 Å². The van der Waals surface area contributed by atoms with Gasteiger partial charge in [-0.3, -0.25) is 0 Å². The molecule has 1 aromatic heterocycles. The Kier molecular flexibility index (Phi) is 4.96. The first-order valence-electron chi connectivity index (χ1n) is 5.83. The van der Waals surface area contributed by atoms with E-state index < -0.39 is 6.10 Å². The molecule has 6 heteroatoms. The van der Waals surface area contributed by atoms with E-state index in [0.717, 1.165) is 6.54 Å². The fourth-order valence-electron chi connectivity index (χ4n) is 1.27. The zero-order valence-electron chi connectivity index (χ0n) is 10.6. The minimum absolute atomic E-state index is 0.204. The lowest BCUT2D eigenvalue weighted by molar-refractivity contribution is 0.138. The molecule has 1 heterocycles. The minimum Gasteiger partial charge on any atom is -0.391 e. The second kappa shape index (κ2) is 6.24. The number of anilines is 3. The maximum Gasteiger partial charge on any atom is 0.223 e. The van der Waals surface area contributed by atoms with Crippen LogP contribution in [0, 0.1) is 5.92 Å². The fraction of sp³-hybridized carbons (Fsp3) is 0.636. The molecule has 1 aromatic rings. The summed E-state index contributed by atoms with van der Waals surface area (Å²) < 4.78 is 0. The number of nitrogens with zero attached hydrogens (tertiary/aromatic N) is 2. The van der Waals surface area contributed by atoms with Crippen LogP contribution in [0.5, 0.6) is 0 Å².